The second-order valence-electron chi connectivity index (χ2n) is 4.25. The summed E-state index contributed by atoms with van der Waals surface area (Å²) in [6.07, 6.45) is 6.10. The number of aromatic nitrogens is 5. The quantitative estimate of drug-likeness (QED) is 0.778. The van der Waals surface area contributed by atoms with E-state index in [0.717, 1.165) is 0 Å². The maximum Gasteiger partial charge on any atom is 0.254 e. The van der Waals surface area contributed by atoms with Gasteiger partial charge >= 0.3 is 0 Å². The highest BCUT2D eigenvalue weighted by Crippen LogP contribution is 2.19. The van der Waals surface area contributed by atoms with Gasteiger partial charge in [-0.05, 0) is 12.1 Å². The molecular formula is C12H11N5O2S. The minimum Gasteiger partial charge on any atom is -0.273 e. The molecule has 20 heavy (non-hydrogen) atoms. The van der Waals surface area contributed by atoms with E-state index >= 15 is 0 Å². The van der Waals surface area contributed by atoms with E-state index in [1.807, 2.05) is 0 Å². The predicted molar refractivity (Wildman–Crippen MR) is 72.1 cm³/mol. The van der Waals surface area contributed by atoms with Crippen molar-refractivity contribution in [2.45, 2.75) is 4.90 Å². The molecule has 0 fully saturated rings. The number of hydrogen-bond donors (Lipinski definition) is 1. The van der Waals surface area contributed by atoms with Crippen LogP contribution in [0.1, 0.15) is 0 Å². The fourth-order valence-electron chi connectivity index (χ4n) is 1.75. The fraction of sp³-hybridized carbons (Fsp3) is 0.0833. The molecule has 0 aliphatic rings. The maximum atomic E-state index is 11.5. The Bertz CT molecular complexity index is 836. The largest absolute Gasteiger partial charge is 0.273 e. The standard InChI is InChI=1S/C12H11N5O2S/c1-20(18,19)10-4-2-3-9(7-10)11-14-12(16-15-11)17-6-5-13-8-17/h2-8H,1H3,(H,14,15,16). The minimum atomic E-state index is -3.25. The van der Waals surface area contributed by atoms with Crippen LogP contribution in [0.15, 0.2) is 47.9 Å². The molecule has 102 valence electrons. The van der Waals surface area contributed by atoms with Crippen molar-refractivity contribution in [1.82, 2.24) is 24.7 Å². The monoisotopic (exact) mass is 289 g/mol. The summed E-state index contributed by atoms with van der Waals surface area (Å²) in [4.78, 5) is 8.47. The molecule has 0 radical (unpaired) electrons. The highest BCUT2D eigenvalue weighted by Gasteiger charge is 2.11. The number of nitrogens with zero attached hydrogens (tertiary/aromatic N) is 4. The Morgan fingerprint density at radius 1 is 1.30 bits per heavy atom. The van der Waals surface area contributed by atoms with E-state index in [9.17, 15) is 8.42 Å². The third-order valence-corrected chi connectivity index (χ3v) is 3.85. The SMILES string of the molecule is CS(=O)(=O)c1cccc(-c2nc(-n3ccnc3)n[nH]2)c1. The average molecular weight is 289 g/mol. The second kappa shape index (κ2) is 4.57. The number of nitrogens with one attached hydrogen (secondary N) is 1. The summed E-state index contributed by atoms with van der Waals surface area (Å²) in [5.41, 5.74) is 0.659. The molecule has 0 spiro atoms. The third kappa shape index (κ3) is 2.32. The molecule has 0 saturated carbocycles. The van der Waals surface area contributed by atoms with E-state index in [0.29, 0.717) is 17.3 Å². The lowest BCUT2D eigenvalue weighted by Gasteiger charge is -2.00. The summed E-state index contributed by atoms with van der Waals surface area (Å²) in [6.45, 7) is 0. The van der Waals surface area contributed by atoms with E-state index in [1.54, 1.807) is 47.6 Å². The molecule has 1 N–H and O–H groups in total. The van der Waals surface area contributed by atoms with Crippen molar-refractivity contribution in [1.29, 1.82) is 0 Å². The van der Waals surface area contributed by atoms with Gasteiger partial charge in [0.25, 0.3) is 5.95 Å². The Balaban J connectivity index is 2.02. The average Bonchev–Trinajstić information content (AvgIpc) is 3.09. The van der Waals surface area contributed by atoms with Crippen LogP contribution < -0.4 is 0 Å². The molecule has 2 aromatic heterocycles. The van der Waals surface area contributed by atoms with Crippen LogP contribution in [0.4, 0.5) is 0 Å². The Labute approximate surface area is 115 Å². The third-order valence-electron chi connectivity index (χ3n) is 2.74. The van der Waals surface area contributed by atoms with E-state index in [-0.39, 0.29) is 4.90 Å². The first-order valence-corrected chi connectivity index (χ1v) is 7.64. The number of aromatic amines is 1. The maximum absolute atomic E-state index is 11.5. The fourth-order valence-corrected chi connectivity index (χ4v) is 2.42. The first-order chi connectivity index (χ1) is 9.54. The van der Waals surface area contributed by atoms with Crippen LogP contribution in [-0.2, 0) is 9.84 Å². The van der Waals surface area contributed by atoms with Gasteiger partial charge in [0, 0.05) is 24.2 Å². The summed E-state index contributed by atoms with van der Waals surface area (Å²) in [6, 6.07) is 6.55. The summed E-state index contributed by atoms with van der Waals surface area (Å²) >= 11 is 0. The Hall–Kier alpha value is -2.48. The smallest absolute Gasteiger partial charge is 0.254 e. The molecule has 0 aliphatic carbocycles. The van der Waals surface area contributed by atoms with Gasteiger partial charge in [0.2, 0.25) is 0 Å². The van der Waals surface area contributed by atoms with Crippen LogP contribution in [-0.4, -0.2) is 39.4 Å². The van der Waals surface area contributed by atoms with Crippen LogP contribution in [0, 0.1) is 0 Å². The van der Waals surface area contributed by atoms with Crippen molar-refractivity contribution in [3.63, 3.8) is 0 Å². The summed E-state index contributed by atoms with van der Waals surface area (Å²) in [7, 11) is -3.25. The van der Waals surface area contributed by atoms with Crippen molar-refractivity contribution in [3.8, 4) is 17.3 Å². The van der Waals surface area contributed by atoms with Crippen LogP contribution >= 0.6 is 0 Å². The highest BCUT2D eigenvalue weighted by molar-refractivity contribution is 7.90. The molecule has 3 aromatic rings. The van der Waals surface area contributed by atoms with Gasteiger partial charge in [-0.2, -0.15) is 4.98 Å². The van der Waals surface area contributed by atoms with Crippen LogP contribution in [0.2, 0.25) is 0 Å². The summed E-state index contributed by atoms with van der Waals surface area (Å²) in [5, 5.41) is 6.85. The molecule has 7 nitrogen and oxygen atoms in total. The first kappa shape index (κ1) is 12.5. The molecule has 1 aromatic carbocycles. The molecule has 0 bridgehead atoms. The second-order valence-corrected chi connectivity index (χ2v) is 6.27. The van der Waals surface area contributed by atoms with E-state index in [1.165, 1.54) is 6.26 Å². The van der Waals surface area contributed by atoms with Crippen molar-refractivity contribution in [3.05, 3.63) is 43.0 Å². The molecule has 8 heteroatoms. The Morgan fingerprint density at radius 2 is 2.15 bits per heavy atom. The topological polar surface area (TPSA) is 93.5 Å². The van der Waals surface area contributed by atoms with Gasteiger partial charge in [-0.15, -0.1) is 5.10 Å². The summed E-state index contributed by atoms with van der Waals surface area (Å²) in [5.74, 6) is 0.946. The summed E-state index contributed by atoms with van der Waals surface area (Å²) < 4.78 is 24.8. The molecule has 0 saturated heterocycles. The molecular weight excluding hydrogens is 278 g/mol. The van der Waals surface area contributed by atoms with E-state index in [4.69, 9.17) is 0 Å². The van der Waals surface area contributed by atoms with Crippen molar-refractivity contribution in [2.24, 2.45) is 0 Å². The lowest BCUT2D eigenvalue weighted by Crippen LogP contribution is -1.97. The van der Waals surface area contributed by atoms with Crippen LogP contribution in [0.25, 0.3) is 17.3 Å². The van der Waals surface area contributed by atoms with Gasteiger partial charge in [-0.3, -0.25) is 9.67 Å². The predicted octanol–water partition coefficient (Wildman–Crippen LogP) is 1.06. The molecule has 0 aliphatic heterocycles. The highest BCUT2D eigenvalue weighted by atomic mass is 32.2. The number of benzene rings is 1. The normalized spacial score (nSPS) is 11.7. The number of hydrogen-bond acceptors (Lipinski definition) is 5. The first-order valence-electron chi connectivity index (χ1n) is 5.75. The molecule has 2 heterocycles. The Morgan fingerprint density at radius 3 is 2.85 bits per heavy atom. The van der Waals surface area contributed by atoms with Crippen LogP contribution in [0.3, 0.4) is 0 Å². The van der Waals surface area contributed by atoms with Gasteiger partial charge in [0.15, 0.2) is 15.7 Å². The molecule has 0 unspecified atom stereocenters. The molecule has 0 amide bonds. The van der Waals surface area contributed by atoms with Gasteiger partial charge in [-0.1, -0.05) is 12.1 Å². The number of sulfone groups is 1. The van der Waals surface area contributed by atoms with Crippen molar-refractivity contribution >= 4 is 9.84 Å². The number of rotatable bonds is 3. The number of imidazole rings is 1. The van der Waals surface area contributed by atoms with Gasteiger partial charge in [-0.25, -0.2) is 13.4 Å². The molecule has 3 rings (SSSR count). The van der Waals surface area contributed by atoms with Gasteiger partial charge in [0.1, 0.15) is 6.33 Å². The van der Waals surface area contributed by atoms with Gasteiger partial charge < -0.3 is 0 Å². The number of H-pyrrole nitrogens is 1. The lowest BCUT2D eigenvalue weighted by atomic mass is 10.2. The van der Waals surface area contributed by atoms with Crippen molar-refractivity contribution < 1.29 is 8.42 Å². The van der Waals surface area contributed by atoms with Crippen molar-refractivity contribution in [2.75, 3.05) is 6.26 Å². The zero-order chi connectivity index (χ0) is 14.2. The van der Waals surface area contributed by atoms with E-state index in [2.05, 4.69) is 20.2 Å². The van der Waals surface area contributed by atoms with E-state index < -0.39 is 9.84 Å². The molecule has 0 atom stereocenters. The lowest BCUT2D eigenvalue weighted by molar-refractivity contribution is 0.602. The van der Waals surface area contributed by atoms with Gasteiger partial charge in [0.05, 0.1) is 4.90 Å². The Kier molecular flexibility index (Phi) is 2.87. The zero-order valence-electron chi connectivity index (χ0n) is 10.6. The zero-order valence-corrected chi connectivity index (χ0v) is 11.4. The van der Waals surface area contributed by atoms with Crippen LogP contribution in [0.5, 0.6) is 0 Å². The minimum absolute atomic E-state index is 0.246.